The van der Waals surface area contributed by atoms with Crippen molar-refractivity contribution in [2.45, 2.75) is 13.3 Å². The van der Waals surface area contributed by atoms with Crippen molar-refractivity contribution in [2.24, 2.45) is 5.10 Å². The van der Waals surface area contributed by atoms with Gasteiger partial charge in [-0.1, -0.05) is 49.4 Å². The summed E-state index contributed by atoms with van der Waals surface area (Å²) < 4.78 is 7.71. The number of hydrogen-bond donors (Lipinski definition) is 1. The van der Waals surface area contributed by atoms with E-state index in [1.807, 2.05) is 54.6 Å². The van der Waals surface area contributed by atoms with Crippen molar-refractivity contribution in [3.05, 3.63) is 64.9 Å². The van der Waals surface area contributed by atoms with Crippen molar-refractivity contribution in [2.75, 3.05) is 6.61 Å². The highest BCUT2D eigenvalue weighted by Crippen LogP contribution is 2.17. The van der Waals surface area contributed by atoms with Crippen LogP contribution in [0.4, 0.5) is 0 Å². The first-order valence-corrected chi connectivity index (χ1v) is 8.19. The summed E-state index contributed by atoms with van der Waals surface area (Å²) in [5.74, 6) is 1.51. The lowest BCUT2D eigenvalue weighted by Gasteiger charge is -2.04. The predicted octanol–water partition coefficient (Wildman–Crippen LogP) is 4.28. The Hall–Kier alpha value is -2.73. The lowest BCUT2D eigenvalue weighted by molar-refractivity contribution is 0.317. The highest BCUT2D eigenvalue weighted by atomic mass is 32.1. The molecule has 0 aliphatic carbocycles. The van der Waals surface area contributed by atoms with E-state index in [0.717, 1.165) is 23.3 Å². The molecule has 122 valence electrons. The molecule has 0 atom stereocenters. The highest BCUT2D eigenvalue weighted by Gasteiger charge is 2.07. The third-order valence-corrected chi connectivity index (χ3v) is 3.60. The molecule has 3 rings (SSSR count). The van der Waals surface area contributed by atoms with Gasteiger partial charge in [0.05, 0.1) is 12.8 Å². The second kappa shape index (κ2) is 7.70. The Bertz CT molecular complexity index is 883. The van der Waals surface area contributed by atoms with E-state index in [1.165, 1.54) is 0 Å². The van der Waals surface area contributed by atoms with Gasteiger partial charge < -0.3 is 4.74 Å². The summed E-state index contributed by atoms with van der Waals surface area (Å²) in [6.45, 7) is 2.78. The summed E-state index contributed by atoms with van der Waals surface area (Å²) in [7, 11) is 0. The van der Waals surface area contributed by atoms with E-state index in [4.69, 9.17) is 17.0 Å². The van der Waals surface area contributed by atoms with Crippen molar-refractivity contribution < 1.29 is 4.74 Å². The van der Waals surface area contributed by atoms with Gasteiger partial charge in [0.15, 0.2) is 5.82 Å². The van der Waals surface area contributed by atoms with Crippen LogP contribution in [-0.4, -0.2) is 27.7 Å². The molecule has 1 aromatic heterocycles. The molecule has 2 aromatic carbocycles. The molecule has 0 unspecified atom stereocenters. The van der Waals surface area contributed by atoms with Crippen LogP contribution in [0.3, 0.4) is 0 Å². The van der Waals surface area contributed by atoms with Crippen LogP contribution >= 0.6 is 12.2 Å². The minimum absolute atomic E-state index is 0.448. The van der Waals surface area contributed by atoms with Crippen LogP contribution in [0.1, 0.15) is 18.9 Å². The Morgan fingerprint density at radius 2 is 2.04 bits per heavy atom. The monoisotopic (exact) mass is 338 g/mol. The minimum Gasteiger partial charge on any atom is -0.494 e. The number of hydrogen-bond acceptors (Lipinski definition) is 4. The van der Waals surface area contributed by atoms with E-state index >= 15 is 0 Å². The molecule has 0 aliphatic rings. The molecule has 0 saturated heterocycles. The van der Waals surface area contributed by atoms with Gasteiger partial charge in [-0.3, -0.25) is 0 Å². The van der Waals surface area contributed by atoms with Crippen LogP contribution in [0.15, 0.2) is 59.7 Å². The fraction of sp³-hybridized carbons (Fsp3) is 0.167. The topological polar surface area (TPSA) is 55.2 Å². The van der Waals surface area contributed by atoms with E-state index in [-0.39, 0.29) is 0 Å². The number of rotatable bonds is 6. The highest BCUT2D eigenvalue weighted by molar-refractivity contribution is 7.71. The van der Waals surface area contributed by atoms with Crippen LogP contribution < -0.4 is 4.74 Å². The molecule has 24 heavy (non-hydrogen) atoms. The summed E-state index contributed by atoms with van der Waals surface area (Å²) in [6, 6.07) is 17.6. The van der Waals surface area contributed by atoms with Crippen molar-refractivity contribution in [3.8, 4) is 17.1 Å². The Morgan fingerprint density at radius 1 is 1.21 bits per heavy atom. The van der Waals surface area contributed by atoms with Gasteiger partial charge in [0.1, 0.15) is 5.75 Å². The van der Waals surface area contributed by atoms with Gasteiger partial charge in [-0.05, 0) is 36.3 Å². The van der Waals surface area contributed by atoms with Gasteiger partial charge in [0.2, 0.25) is 4.77 Å². The van der Waals surface area contributed by atoms with Crippen molar-refractivity contribution in [3.63, 3.8) is 0 Å². The summed E-state index contributed by atoms with van der Waals surface area (Å²) in [5, 5.41) is 11.5. The molecule has 5 nitrogen and oxygen atoms in total. The Balaban J connectivity index is 1.88. The van der Waals surface area contributed by atoms with Crippen molar-refractivity contribution in [1.82, 2.24) is 14.9 Å². The first kappa shape index (κ1) is 16.1. The zero-order chi connectivity index (χ0) is 16.8. The largest absolute Gasteiger partial charge is 0.494 e. The van der Waals surface area contributed by atoms with Gasteiger partial charge in [-0.15, -0.1) is 0 Å². The third-order valence-electron chi connectivity index (χ3n) is 3.34. The number of aromatic amines is 1. The average Bonchev–Trinajstić information content (AvgIpc) is 3.00. The molecule has 1 heterocycles. The molecule has 0 aliphatic heterocycles. The van der Waals surface area contributed by atoms with E-state index in [1.54, 1.807) is 10.9 Å². The van der Waals surface area contributed by atoms with Gasteiger partial charge in [0, 0.05) is 5.56 Å². The predicted molar refractivity (Wildman–Crippen MR) is 98.1 cm³/mol. The molecule has 0 saturated carbocycles. The van der Waals surface area contributed by atoms with E-state index < -0.39 is 0 Å². The van der Waals surface area contributed by atoms with Gasteiger partial charge in [-0.25, -0.2) is 5.10 Å². The smallest absolute Gasteiger partial charge is 0.216 e. The van der Waals surface area contributed by atoms with E-state index in [9.17, 15) is 0 Å². The first-order chi connectivity index (χ1) is 11.8. The minimum atomic E-state index is 0.448. The first-order valence-electron chi connectivity index (χ1n) is 7.78. The normalized spacial score (nSPS) is 11.0. The second-order valence-corrected chi connectivity index (χ2v) is 5.58. The summed E-state index contributed by atoms with van der Waals surface area (Å²) in [5.41, 5.74) is 1.88. The fourth-order valence-electron chi connectivity index (χ4n) is 2.20. The zero-order valence-electron chi connectivity index (χ0n) is 13.3. The second-order valence-electron chi connectivity index (χ2n) is 5.20. The van der Waals surface area contributed by atoms with Crippen molar-refractivity contribution >= 4 is 18.4 Å². The molecule has 0 bridgehead atoms. The van der Waals surface area contributed by atoms with Gasteiger partial charge in [0.25, 0.3) is 0 Å². The molecule has 0 spiro atoms. The molecular weight excluding hydrogens is 320 g/mol. The number of benzene rings is 2. The van der Waals surface area contributed by atoms with Gasteiger partial charge in [-0.2, -0.15) is 14.9 Å². The lowest BCUT2D eigenvalue weighted by atomic mass is 10.2. The maximum atomic E-state index is 5.64. The maximum absolute atomic E-state index is 5.64. The molecule has 1 N–H and O–H groups in total. The zero-order valence-corrected chi connectivity index (χ0v) is 14.2. The number of nitrogens with one attached hydrogen (secondary N) is 1. The van der Waals surface area contributed by atoms with Crippen LogP contribution in [0.25, 0.3) is 11.4 Å². The summed E-state index contributed by atoms with van der Waals surface area (Å²) >= 11 is 5.28. The van der Waals surface area contributed by atoms with E-state index in [2.05, 4.69) is 22.2 Å². The molecule has 0 fully saturated rings. The SMILES string of the molecule is CCCOc1cccc(/C=N\n2c(-c3ccccc3)n[nH]c2=S)c1. The number of ether oxygens (including phenoxy) is 1. The quantitative estimate of drug-likeness (QED) is 0.539. The lowest BCUT2D eigenvalue weighted by Crippen LogP contribution is -1.97. The average molecular weight is 338 g/mol. The molecule has 6 heteroatoms. The molecule has 3 aromatic rings. The van der Waals surface area contributed by atoms with Crippen molar-refractivity contribution in [1.29, 1.82) is 0 Å². The Morgan fingerprint density at radius 3 is 2.83 bits per heavy atom. The van der Waals surface area contributed by atoms with Gasteiger partial charge >= 0.3 is 0 Å². The Labute approximate surface area is 145 Å². The number of nitrogens with zero attached hydrogens (tertiary/aromatic N) is 3. The van der Waals surface area contributed by atoms with Crippen LogP contribution in [0.5, 0.6) is 5.75 Å². The maximum Gasteiger partial charge on any atom is 0.216 e. The van der Waals surface area contributed by atoms with E-state index in [0.29, 0.717) is 17.2 Å². The molecule has 0 radical (unpaired) electrons. The third kappa shape index (κ3) is 3.78. The van der Waals surface area contributed by atoms with Crippen LogP contribution in [0, 0.1) is 4.77 Å². The summed E-state index contributed by atoms with van der Waals surface area (Å²) in [4.78, 5) is 0. The van der Waals surface area contributed by atoms with Crippen LogP contribution in [0.2, 0.25) is 0 Å². The Kier molecular flexibility index (Phi) is 5.18. The fourth-order valence-corrected chi connectivity index (χ4v) is 2.38. The summed E-state index contributed by atoms with van der Waals surface area (Å²) in [6.07, 6.45) is 2.72. The number of aromatic nitrogens is 3. The number of H-pyrrole nitrogens is 1. The molecule has 0 amide bonds. The standard InChI is InChI=1S/C18H18N4OS/c1-2-11-23-16-10-6-7-14(12-16)13-19-22-17(20-21-18(22)24)15-8-4-3-5-9-15/h3-10,12-13H,2,11H2,1H3,(H,21,24)/b19-13-. The molecular formula is C18H18N4OS. The van der Waals surface area contributed by atoms with Crippen LogP contribution in [-0.2, 0) is 0 Å².